The maximum atomic E-state index is 10.8. The quantitative estimate of drug-likeness (QED) is 0.577. The topological polar surface area (TPSA) is 38.3 Å². The van der Waals surface area contributed by atoms with Crippen molar-refractivity contribution in [2.24, 2.45) is 0 Å². The average molecular weight is 155 g/mol. The van der Waals surface area contributed by atoms with Crippen LogP contribution in [0.15, 0.2) is 0 Å². The van der Waals surface area contributed by atoms with Crippen LogP contribution < -0.4 is 5.32 Å². The van der Waals surface area contributed by atoms with Crippen LogP contribution in [0.5, 0.6) is 0 Å². The van der Waals surface area contributed by atoms with E-state index in [1.165, 1.54) is 7.11 Å². The molecule has 0 aromatic carbocycles. The van der Waals surface area contributed by atoms with Crippen molar-refractivity contribution in [1.29, 1.82) is 0 Å². The van der Waals surface area contributed by atoms with E-state index >= 15 is 0 Å². The summed E-state index contributed by atoms with van der Waals surface area (Å²) in [6.45, 7) is 4.07. The Kier molecular flexibility index (Phi) is 5.22. The Morgan fingerprint density at radius 1 is 1.64 bits per heavy atom. The highest BCUT2D eigenvalue weighted by molar-refractivity contribution is 5.93. The van der Waals surface area contributed by atoms with Gasteiger partial charge in [-0.15, -0.1) is 0 Å². The van der Waals surface area contributed by atoms with Crippen molar-refractivity contribution in [3.63, 3.8) is 0 Å². The Labute approximate surface area is 67.1 Å². The van der Waals surface area contributed by atoms with E-state index in [0.717, 1.165) is 0 Å². The molecular formula is C8H13NO2. The second-order valence-electron chi connectivity index (χ2n) is 2.36. The van der Waals surface area contributed by atoms with Crippen molar-refractivity contribution < 1.29 is 9.53 Å². The van der Waals surface area contributed by atoms with E-state index < -0.39 is 0 Å². The lowest BCUT2D eigenvalue weighted by Crippen LogP contribution is -2.28. The third kappa shape index (κ3) is 6.88. The minimum Gasteiger partial charge on any atom is -0.372 e. The van der Waals surface area contributed by atoms with Crippen LogP contribution in [-0.2, 0) is 9.53 Å². The Morgan fingerprint density at radius 2 is 2.27 bits per heavy atom. The lowest BCUT2D eigenvalue weighted by atomic mass is 10.4. The fourth-order valence-corrected chi connectivity index (χ4v) is 0.487. The zero-order chi connectivity index (χ0) is 8.69. The number of carbonyl (C=O) groups is 1. The summed E-state index contributed by atoms with van der Waals surface area (Å²) in [7, 11) is 1.54. The van der Waals surface area contributed by atoms with Crippen LogP contribution in [0.2, 0.25) is 0 Å². The zero-order valence-electron chi connectivity index (χ0n) is 7.10. The summed E-state index contributed by atoms with van der Waals surface area (Å²) in [5, 5.41) is 2.63. The number of hydrogen-bond acceptors (Lipinski definition) is 2. The van der Waals surface area contributed by atoms with Crippen molar-refractivity contribution >= 4 is 5.91 Å². The van der Waals surface area contributed by atoms with Gasteiger partial charge in [-0.05, 0) is 19.8 Å². The third-order valence-electron chi connectivity index (χ3n) is 0.838. The first-order valence-electron chi connectivity index (χ1n) is 3.45. The average Bonchev–Trinajstić information content (AvgIpc) is 1.86. The van der Waals surface area contributed by atoms with Gasteiger partial charge >= 0.3 is 0 Å². The van der Waals surface area contributed by atoms with E-state index in [0.29, 0.717) is 6.61 Å². The predicted molar refractivity (Wildman–Crippen MR) is 42.9 cm³/mol. The van der Waals surface area contributed by atoms with E-state index in [2.05, 4.69) is 21.9 Å². The SMILES string of the molecule is COCC#CC(=O)NC(C)C. The summed E-state index contributed by atoms with van der Waals surface area (Å²) in [6.07, 6.45) is 0. The maximum absolute atomic E-state index is 10.8. The van der Waals surface area contributed by atoms with E-state index in [1.807, 2.05) is 13.8 Å². The van der Waals surface area contributed by atoms with Crippen molar-refractivity contribution in [2.75, 3.05) is 13.7 Å². The molecule has 0 saturated heterocycles. The van der Waals surface area contributed by atoms with Gasteiger partial charge in [0.2, 0.25) is 0 Å². The summed E-state index contributed by atoms with van der Waals surface area (Å²) in [5.41, 5.74) is 0. The lowest BCUT2D eigenvalue weighted by molar-refractivity contribution is -0.116. The fourth-order valence-electron chi connectivity index (χ4n) is 0.487. The van der Waals surface area contributed by atoms with Gasteiger partial charge in [-0.25, -0.2) is 0 Å². The number of amides is 1. The summed E-state index contributed by atoms with van der Waals surface area (Å²) in [6, 6.07) is 0.138. The lowest BCUT2D eigenvalue weighted by Gasteiger charge is -2.01. The molecule has 0 fully saturated rings. The van der Waals surface area contributed by atoms with Crippen LogP contribution in [0.25, 0.3) is 0 Å². The van der Waals surface area contributed by atoms with E-state index in [1.54, 1.807) is 0 Å². The number of rotatable bonds is 2. The minimum atomic E-state index is -0.253. The maximum Gasteiger partial charge on any atom is 0.296 e. The molecule has 3 heteroatoms. The van der Waals surface area contributed by atoms with Crippen molar-refractivity contribution in [3.05, 3.63) is 0 Å². The molecule has 0 aliphatic rings. The number of ether oxygens (including phenoxy) is 1. The van der Waals surface area contributed by atoms with E-state index in [-0.39, 0.29) is 11.9 Å². The smallest absolute Gasteiger partial charge is 0.296 e. The summed E-state index contributed by atoms with van der Waals surface area (Å²) >= 11 is 0. The minimum absolute atomic E-state index is 0.138. The first-order valence-corrected chi connectivity index (χ1v) is 3.45. The number of hydrogen-bond donors (Lipinski definition) is 1. The number of carbonyl (C=O) groups excluding carboxylic acids is 1. The summed E-state index contributed by atoms with van der Waals surface area (Å²) in [4.78, 5) is 10.8. The van der Waals surface area contributed by atoms with Crippen molar-refractivity contribution in [2.45, 2.75) is 19.9 Å². The van der Waals surface area contributed by atoms with Crippen molar-refractivity contribution in [1.82, 2.24) is 5.32 Å². The van der Waals surface area contributed by atoms with Gasteiger partial charge in [0.15, 0.2) is 0 Å². The molecule has 1 amide bonds. The van der Waals surface area contributed by atoms with Gasteiger partial charge in [0, 0.05) is 13.2 Å². The molecule has 0 radical (unpaired) electrons. The van der Waals surface area contributed by atoms with E-state index in [9.17, 15) is 4.79 Å². The van der Waals surface area contributed by atoms with Gasteiger partial charge in [-0.3, -0.25) is 4.79 Å². The number of nitrogens with one attached hydrogen (secondary N) is 1. The summed E-state index contributed by atoms with van der Waals surface area (Å²) in [5.74, 6) is 4.69. The molecule has 3 nitrogen and oxygen atoms in total. The van der Waals surface area contributed by atoms with Crippen LogP contribution in [0.4, 0.5) is 0 Å². The molecule has 0 saturated carbocycles. The molecule has 62 valence electrons. The van der Waals surface area contributed by atoms with Gasteiger partial charge in [-0.2, -0.15) is 0 Å². The van der Waals surface area contributed by atoms with Crippen LogP contribution in [0.1, 0.15) is 13.8 Å². The Morgan fingerprint density at radius 3 is 2.73 bits per heavy atom. The van der Waals surface area contributed by atoms with Gasteiger partial charge in [0.25, 0.3) is 5.91 Å². The van der Waals surface area contributed by atoms with Gasteiger partial charge < -0.3 is 10.1 Å². The predicted octanol–water partition coefficient (Wildman–Crippen LogP) is 0.161. The molecule has 0 aliphatic heterocycles. The highest BCUT2D eigenvalue weighted by Crippen LogP contribution is 1.74. The van der Waals surface area contributed by atoms with Crippen LogP contribution in [-0.4, -0.2) is 25.7 Å². The fraction of sp³-hybridized carbons (Fsp3) is 0.625. The molecule has 0 heterocycles. The molecule has 1 N–H and O–H groups in total. The molecule has 0 rings (SSSR count). The molecule has 0 atom stereocenters. The first kappa shape index (κ1) is 9.99. The second kappa shape index (κ2) is 5.75. The van der Waals surface area contributed by atoms with E-state index in [4.69, 9.17) is 0 Å². The molecular weight excluding hydrogens is 142 g/mol. The van der Waals surface area contributed by atoms with Gasteiger partial charge in [0.1, 0.15) is 6.61 Å². The van der Waals surface area contributed by atoms with Gasteiger partial charge in [0.05, 0.1) is 0 Å². The normalized spacial score (nSPS) is 8.73. The van der Waals surface area contributed by atoms with Crippen LogP contribution >= 0.6 is 0 Å². The molecule has 0 unspecified atom stereocenters. The zero-order valence-corrected chi connectivity index (χ0v) is 7.10. The summed E-state index contributed by atoms with van der Waals surface area (Å²) < 4.78 is 4.64. The molecule has 11 heavy (non-hydrogen) atoms. The van der Waals surface area contributed by atoms with Crippen LogP contribution in [0, 0.1) is 11.8 Å². The largest absolute Gasteiger partial charge is 0.372 e. The molecule has 0 spiro atoms. The third-order valence-corrected chi connectivity index (χ3v) is 0.838. The van der Waals surface area contributed by atoms with Crippen LogP contribution in [0.3, 0.4) is 0 Å². The highest BCUT2D eigenvalue weighted by Gasteiger charge is 1.95. The highest BCUT2D eigenvalue weighted by atomic mass is 16.5. The second-order valence-corrected chi connectivity index (χ2v) is 2.36. The van der Waals surface area contributed by atoms with Gasteiger partial charge in [-0.1, -0.05) is 5.92 Å². The monoisotopic (exact) mass is 155 g/mol. The Balaban J connectivity index is 3.62. The molecule has 0 bridgehead atoms. The number of methoxy groups -OCH3 is 1. The molecule has 0 aliphatic carbocycles. The Hall–Kier alpha value is -1.01. The standard InChI is InChI=1S/C8H13NO2/c1-7(2)9-8(10)5-4-6-11-3/h7H,6H2,1-3H3,(H,9,10). The molecule has 0 aromatic rings. The first-order chi connectivity index (χ1) is 5.16. The Bertz CT molecular complexity index is 176. The molecule has 0 aromatic heterocycles. The van der Waals surface area contributed by atoms with Crippen molar-refractivity contribution in [3.8, 4) is 11.8 Å².